The molecule has 4 nitrogen and oxygen atoms in total. The summed E-state index contributed by atoms with van der Waals surface area (Å²) < 4.78 is 0. The van der Waals surface area contributed by atoms with E-state index in [0.717, 1.165) is 16.8 Å². The molecular weight excluding hydrogens is 334 g/mol. The van der Waals surface area contributed by atoms with Gasteiger partial charge in [-0.2, -0.15) is 0 Å². The number of aliphatic hydroxyl groups excluding tert-OH is 1. The lowest BCUT2D eigenvalue weighted by Crippen LogP contribution is -2.27. The Morgan fingerprint density at radius 2 is 1.63 bits per heavy atom. The molecule has 1 atom stereocenters. The van der Waals surface area contributed by atoms with E-state index < -0.39 is 0 Å². The maximum absolute atomic E-state index is 9.74. The standard InChI is InChI=1S/C23H21N3O/c27-16-21(14-17-6-2-1-3-7-17)25-23-24-13-12-22(26-23)20-11-10-18-8-4-5-9-19(18)15-20/h1-13,15,21,27H,14,16H2,(H,24,25,26)/t21-/m1/s1. The van der Waals surface area contributed by atoms with E-state index in [2.05, 4.69) is 57.7 Å². The molecule has 0 aliphatic heterocycles. The highest BCUT2D eigenvalue weighted by atomic mass is 16.3. The largest absolute Gasteiger partial charge is 0.394 e. The van der Waals surface area contributed by atoms with Gasteiger partial charge in [-0.3, -0.25) is 0 Å². The maximum atomic E-state index is 9.74. The minimum absolute atomic E-state index is 0.0124. The lowest BCUT2D eigenvalue weighted by atomic mass is 10.1. The third kappa shape index (κ3) is 4.13. The summed E-state index contributed by atoms with van der Waals surface area (Å²) in [5, 5.41) is 15.4. The molecule has 134 valence electrons. The van der Waals surface area contributed by atoms with Gasteiger partial charge in [0.15, 0.2) is 0 Å². The Morgan fingerprint density at radius 3 is 2.44 bits per heavy atom. The molecule has 4 heteroatoms. The first-order valence-electron chi connectivity index (χ1n) is 9.05. The van der Waals surface area contributed by atoms with Gasteiger partial charge in [-0.05, 0) is 34.9 Å². The van der Waals surface area contributed by atoms with Gasteiger partial charge in [0, 0.05) is 11.8 Å². The monoisotopic (exact) mass is 355 g/mol. The van der Waals surface area contributed by atoms with Crippen molar-refractivity contribution >= 4 is 16.7 Å². The summed E-state index contributed by atoms with van der Waals surface area (Å²) >= 11 is 0. The summed E-state index contributed by atoms with van der Waals surface area (Å²) in [6.07, 6.45) is 2.46. The Kier molecular flexibility index (Phi) is 5.08. The van der Waals surface area contributed by atoms with Crippen molar-refractivity contribution in [2.24, 2.45) is 0 Å². The SMILES string of the molecule is OC[C@@H](Cc1ccccc1)Nc1nccc(-c2ccc3ccccc3c2)n1. The number of benzene rings is 3. The van der Waals surface area contributed by atoms with Crippen molar-refractivity contribution in [3.8, 4) is 11.3 Å². The second kappa shape index (κ2) is 7.98. The molecule has 0 aliphatic carbocycles. The van der Waals surface area contributed by atoms with E-state index in [9.17, 15) is 5.11 Å². The molecule has 2 N–H and O–H groups in total. The lowest BCUT2D eigenvalue weighted by molar-refractivity contribution is 0.273. The van der Waals surface area contributed by atoms with Crippen LogP contribution in [0.1, 0.15) is 5.56 Å². The first-order valence-corrected chi connectivity index (χ1v) is 9.05. The summed E-state index contributed by atoms with van der Waals surface area (Å²) in [6, 6.07) is 26.4. The fraction of sp³-hybridized carbons (Fsp3) is 0.130. The number of nitrogens with zero attached hydrogens (tertiary/aromatic N) is 2. The quantitative estimate of drug-likeness (QED) is 0.541. The van der Waals surface area contributed by atoms with Crippen molar-refractivity contribution in [1.29, 1.82) is 0 Å². The summed E-state index contributed by atoms with van der Waals surface area (Å²) in [5.74, 6) is 0.524. The molecule has 0 saturated carbocycles. The minimum atomic E-state index is -0.140. The van der Waals surface area contributed by atoms with E-state index >= 15 is 0 Å². The predicted molar refractivity (Wildman–Crippen MR) is 110 cm³/mol. The molecule has 3 aromatic carbocycles. The maximum Gasteiger partial charge on any atom is 0.223 e. The van der Waals surface area contributed by atoms with Crippen LogP contribution in [0.4, 0.5) is 5.95 Å². The molecule has 0 aliphatic rings. The van der Waals surface area contributed by atoms with Crippen LogP contribution in [0.25, 0.3) is 22.0 Å². The Bertz CT molecular complexity index is 1030. The van der Waals surface area contributed by atoms with E-state index in [4.69, 9.17) is 0 Å². The normalized spacial score (nSPS) is 12.0. The highest BCUT2D eigenvalue weighted by Gasteiger charge is 2.11. The zero-order chi connectivity index (χ0) is 18.5. The van der Waals surface area contributed by atoms with Gasteiger partial charge < -0.3 is 10.4 Å². The number of anilines is 1. The van der Waals surface area contributed by atoms with Crippen molar-refractivity contribution in [3.63, 3.8) is 0 Å². The van der Waals surface area contributed by atoms with Gasteiger partial charge in [-0.25, -0.2) is 9.97 Å². The van der Waals surface area contributed by atoms with E-state index in [0.29, 0.717) is 12.4 Å². The molecular formula is C23H21N3O. The number of fused-ring (bicyclic) bond motifs is 1. The highest BCUT2D eigenvalue weighted by Crippen LogP contribution is 2.23. The Balaban J connectivity index is 1.55. The number of hydrogen-bond donors (Lipinski definition) is 2. The van der Waals surface area contributed by atoms with Crippen LogP contribution in [0.5, 0.6) is 0 Å². The molecule has 0 amide bonds. The van der Waals surface area contributed by atoms with Crippen LogP contribution in [0.3, 0.4) is 0 Å². The Labute approximate surface area is 158 Å². The van der Waals surface area contributed by atoms with Gasteiger partial charge in [0.05, 0.1) is 18.3 Å². The van der Waals surface area contributed by atoms with Gasteiger partial charge in [0.1, 0.15) is 0 Å². The van der Waals surface area contributed by atoms with Crippen LogP contribution in [-0.4, -0.2) is 27.7 Å². The van der Waals surface area contributed by atoms with E-state index in [1.165, 1.54) is 10.8 Å². The van der Waals surface area contributed by atoms with Gasteiger partial charge in [0.25, 0.3) is 0 Å². The zero-order valence-corrected chi connectivity index (χ0v) is 14.9. The number of rotatable bonds is 6. The molecule has 1 heterocycles. The van der Waals surface area contributed by atoms with Crippen molar-refractivity contribution in [3.05, 3.63) is 90.6 Å². The Hall–Kier alpha value is -3.24. The second-order valence-electron chi connectivity index (χ2n) is 6.54. The average molecular weight is 355 g/mol. The smallest absolute Gasteiger partial charge is 0.223 e. The highest BCUT2D eigenvalue weighted by molar-refractivity contribution is 5.86. The van der Waals surface area contributed by atoms with Gasteiger partial charge in [-0.1, -0.05) is 66.7 Å². The fourth-order valence-corrected chi connectivity index (χ4v) is 3.18. The summed E-state index contributed by atoms with van der Waals surface area (Å²) in [5.41, 5.74) is 3.06. The summed E-state index contributed by atoms with van der Waals surface area (Å²) in [6.45, 7) is 0.0124. The zero-order valence-electron chi connectivity index (χ0n) is 14.9. The molecule has 0 fully saturated rings. The second-order valence-corrected chi connectivity index (χ2v) is 6.54. The molecule has 4 rings (SSSR count). The molecule has 0 bridgehead atoms. The number of nitrogens with one attached hydrogen (secondary N) is 1. The number of aromatic nitrogens is 2. The first-order chi connectivity index (χ1) is 13.3. The van der Waals surface area contributed by atoms with Gasteiger partial charge in [-0.15, -0.1) is 0 Å². The predicted octanol–water partition coefficient (Wildman–Crippen LogP) is 4.31. The molecule has 27 heavy (non-hydrogen) atoms. The van der Waals surface area contributed by atoms with Crippen molar-refractivity contribution in [2.45, 2.75) is 12.5 Å². The molecule has 0 spiro atoms. The third-order valence-corrected chi connectivity index (χ3v) is 4.58. The van der Waals surface area contributed by atoms with Crippen LogP contribution >= 0.6 is 0 Å². The van der Waals surface area contributed by atoms with Crippen LogP contribution in [0, 0.1) is 0 Å². The van der Waals surface area contributed by atoms with E-state index in [-0.39, 0.29) is 12.6 Å². The van der Waals surface area contributed by atoms with Crippen molar-refractivity contribution in [1.82, 2.24) is 9.97 Å². The van der Waals surface area contributed by atoms with Crippen molar-refractivity contribution < 1.29 is 5.11 Å². The molecule has 0 unspecified atom stereocenters. The summed E-state index contributed by atoms with van der Waals surface area (Å²) in [4.78, 5) is 8.97. The topological polar surface area (TPSA) is 58.0 Å². The lowest BCUT2D eigenvalue weighted by Gasteiger charge is -2.16. The average Bonchev–Trinajstić information content (AvgIpc) is 2.74. The van der Waals surface area contributed by atoms with Crippen LogP contribution in [0.15, 0.2) is 85.1 Å². The van der Waals surface area contributed by atoms with Gasteiger partial charge in [0.2, 0.25) is 5.95 Å². The Morgan fingerprint density at radius 1 is 0.852 bits per heavy atom. The van der Waals surface area contributed by atoms with Gasteiger partial charge >= 0.3 is 0 Å². The van der Waals surface area contributed by atoms with Crippen molar-refractivity contribution in [2.75, 3.05) is 11.9 Å². The minimum Gasteiger partial charge on any atom is -0.394 e. The fourth-order valence-electron chi connectivity index (χ4n) is 3.18. The van der Waals surface area contributed by atoms with Crippen LogP contribution < -0.4 is 5.32 Å². The molecule has 1 aromatic heterocycles. The molecule has 0 radical (unpaired) electrons. The van der Waals surface area contributed by atoms with E-state index in [1.54, 1.807) is 6.20 Å². The number of hydrogen-bond acceptors (Lipinski definition) is 4. The molecule has 0 saturated heterocycles. The third-order valence-electron chi connectivity index (χ3n) is 4.58. The van der Waals surface area contributed by atoms with Crippen LogP contribution in [-0.2, 0) is 6.42 Å². The van der Waals surface area contributed by atoms with E-state index in [1.807, 2.05) is 36.4 Å². The first kappa shape index (κ1) is 17.2. The van der Waals surface area contributed by atoms with Crippen LogP contribution in [0.2, 0.25) is 0 Å². The summed E-state index contributed by atoms with van der Waals surface area (Å²) in [7, 11) is 0. The number of aliphatic hydroxyl groups is 1. The molecule has 4 aromatic rings.